The largest absolute Gasteiger partial charge is 0.354 e. The summed E-state index contributed by atoms with van der Waals surface area (Å²) in [6, 6.07) is 3.74. The highest BCUT2D eigenvalue weighted by atomic mass is 16.1. The van der Waals surface area contributed by atoms with Gasteiger partial charge in [0.25, 0.3) is 5.91 Å². The minimum atomic E-state index is -0.153. The van der Waals surface area contributed by atoms with Gasteiger partial charge in [-0.3, -0.25) is 9.78 Å². The SMILES string of the molecule is CNC(=O)c1ccc(C2=CCNCC2(C)C)cn1. The Morgan fingerprint density at radius 3 is 2.78 bits per heavy atom. The van der Waals surface area contributed by atoms with Crippen molar-refractivity contribution in [2.24, 2.45) is 5.41 Å². The molecule has 2 N–H and O–H groups in total. The fraction of sp³-hybridized carbons (Fsp3) is 0.429. The van der Waals surface area contributed by atoms with Crippen LogP contribution in [0.25, 0.3) is 5.57 Å². The average Bonchev–Trinajstić information content (AvgIpc) is 2.37. The third-order valence-corrected chi connectivity index (χ3v) is 3.28. The number of nitrogens with zero attached hydrogens (tertiary/aromatic N) is 1. The molecule has 0 aromatic carbocycles. The van der Waals surface area contributed by atoms with E-state index >= 15 is 0 Å². The maximum absolute atomic E-state index is 11.4. The van der Waals surface area contributed by atoms with Gasteiger partial charge in [0.05, 0.1) is 0 Å². The van der Waals surface area contributed by atoms with Crippen molar-refractivity contribution in [3.63, 3.8) is 0 Å². The lowest BCUT2D eigenvalue weighted by Gasteiger charge is -2.32. The number of nitrogens with one attached hydrogen (secondary N) is 2. The van der Waals surface area contributed by atoms with Crippen LogP contribution in [0.15, 0.2) is 24.4 Å². The zero-order valence-corrected chi connectivity index (χ0v) is 11.1. The zero-order valence-electron chi connectivity index (χ0n) is 11.1. The average molecular weight is 245 g/mol. The second kappa shape index (κ2) is 4.90. The van der Waals surface area contributed by atoms with Crippen LogP contribution < -0.4 is 10.6 Å². The minimum Gasteiger partial charge on any atom is -0.354 e. The van der Waals surface area contributed by atoms with E-state index in [0.29, 0.717) is 5.69 Å². The number of carbonyl (C=O) groups is 1. The molecule has 0 spiro atoms. The molecular formula is C14H19N3O. The zero-order chi connectivity index (χ0) is 13.2. The maximum atomic E-state index is 11.4. The fourth-order valence-electron chi connectivity index (χ4n) is 2.25. The summed E-state index contributed by atoms with van der Waals surface area (Å²) in [5.74, 6) is -0.153. The van der Waals surface area contributed by atoms with Crippen molar-refractivity contribution in [3.05, 3.63) is 35.7 Å². The fourth-order valence-corrected chi connectivity index (χ4v) is 2.25. The van der Waals surface area contributed by atoms with Crippen LogP contribution in [0.3, 0.4) is 0 Å². The topological polar surface area (TPSA) is 54.0 Å². The van der Waals surface area contributed by atoms with Crippen molar-refractivity contribution in [3.8, 4) is 0 Å². The van der Waals surface area contributed by atoms with Gasteiger partial charge in [0, 0.05) is 31.7 Å². The molecule has 1 amide bonds. The molecule has 18 heavy (non-hydrogen) atoms. The van der Waals surface area contributed by atoms with Crippen molar-refractivity contribution in [1.82, 2.24) is 15.6 Å². The van der Waals surface area contributed by atoms with Crippen LogP contribution in [-0.4, -0.2) is 31.0 Å². The van der Waals surface area contributed by atoms with E-state index in [-0.39, 0.29) is 11.3 Å². The second-order valence-corrected chi connectivity index (χ2v) is 5.14. The molecular weight excluding hydrogens is 226 g/mol. The Balaban J connectivity index is 2.29. The molecule has 0 unspecified atom stereocenters. The number of hydrogen-bond donors (Lipinski definition) is 2. The van der Waals surface area contributed by atoms with Crippen molar-refractivity contribution in [2.75, 3.05) is 20.1 Å². The Bertz CT molecular complexity index is 474. The van der Waals surface area contributed by atoms with Crippen molar-refractivity contribution >= 4 is 11.5 Å². The van der Waals surface area contributed by atoms with Gasteiger partial charge in [0.2, 0.25) is 0 Å². The lowest BCUT2D eigenvalue weighted by Crippen LogP contribution is -2.35. The first-order valence-electron chi connectivity index (χ1n) is 6.14. The van der Waals surface area contributed by atoms with Gasteiger partial charge < -0.3 is 10.6 Å². The van der Waals surface area contributed by atoms with E-state index in [0.717, 1.165) is 18.7 Å². The first-order chi connectivity index (χ1) is 8.54. The smallest absolute Gasteiger partial charge is 0.269 e. The summed E-state index contributed by atoms with van der Waals surface area (Å²) in [6.07, 6.45) is 3.98. The first kappa shape index (κ1) is 12.8. The quantitative estimate of drug-likeness (QED) is 0.829. The van der Waals surface area contributed by atoms with Crippen LogP contribution >= 0.6 is 0 Å². The number of carbonyl (C=O) groups excluding carboxylic acids is 1. The highest BCUT2D eigenvalue weighted by Gasteiger charge is 2.26. The number of rotatable bonds is 2. The van der Waals surface area contributed by atoms with Crippen LogP contribution in [-0.2, 0) is 0 Å². The Hall–Kier alpha value is -1.68. The Kier molecular flexibility index (Phi) is 3.48. The number of hydrogen-bond acceptors (Lipinski definition) is 3. The maximum Gasteiger partial charge on any atom is 0.269 e. The van der Waals surface area contributed by atoms with Gasteiger partial charge in [-0.15, -0.1) is 0 Å². The lowest BCUT2D eigenvalue weighted by atomic mass is 9.78. The molecule has 1 aromatic rings. The minimum absolute atomic E-state index is 0.0917. The van der Waals surface area contributed by atoms with E-state index in [1.54, 1.807) is 19.3 Å². The summed E-state index contributed by atoms with van der Waals surface area (Å²) in [7, 11) is 1.61. The molecule has 0 bridgehead atoms. The van der Waals surface area contributed by atoms with E-state index in [4.69, 9.17) is 0 Å². The molecule has 0 atom stereocenters. The highest BCUT2D eigenvalue weighted by Crippen LogP contribution is 2.35. The molecule has 4 heteroatoms. The Morgan fingerprint density at radius 1 is 1.44 bits per heavy atom. The number of amides is 1. The van der Waals surface area contributed by atoms with Crippen molar-refractivity contribution in [1.29, 1.82) is 0 Å². The summed E-state index contributed by atoms with van der Waals surface area (Å²) < 4.78 is 0. The molecule has 96 valence electrons. The predicted octanol–water partition coefficient (Wildman–Crippen LogP) is 1.45. The van der Waals surface area contributed by atoms with Crippen LogP contribution in [0.4, 0.5) is 0 Å². The predicted molar refractivity (Wildman–Crippen MR) is 72.3 cm³/mol. The Labute approximate surface area is 108 Å². The van der Waals surface area contributed by atoms with Gasteiger partial charge >= 0.3 is 0 Å². The van der Waals surface area contributed by atoms with Gasteiger partial charge in [-0.25, -0.2) is 0 Å². The second-order valence-electron chi connectivity index (χ2n) is 5.14. The molecule has 2 rings (SSSR count). The highest BCUT2D eigenvalue weighted by molar-refractivity contribution is 5.92. The molecule has 0 fully saturated rings. The molecule has 2 heterocycles. The molecule has 4 nitrogen and oxygen atoms in total. The molecule has 0 saturated carbocycles. The van der Waals surface area contributed by atoms with Gasteiger partial charge in [0.1, 0.15) is 5.69 Å². The molecule has 1 aromatic heterocycles. The normalized spacial score (nSPS) is 18.1. The van der Waals surface area contributed by atoms with Crippen molar-refractivity contribution < 1.29 is 4.79 Å². The summed E-state index contributed by atoms with van der Waals surface area (Å²) >= 11 is 0. The molecule has 0 saturated heterocycles. The lowest BCUT2D eigenvalue weighted by molar-refractivity contribution is 0.0958. The molecule has 0 aliphatic carbocycles. The summed E-state index contributed by atoms with van der Waals surface area (Å²) in [5, 5.41) is 5.92. The van der Waals surface area contributed by atoms with Crippen LogP contribution in [0.5, 0.6) is 0 Å². The van der Waals surface area contributed by atoms with Gasteiger partial charge in [-0.05, 0) is 17.2 Å². The monoisotopic (exact) mass is 245 g/mol. The first-order valence-corrected chi connectivity index (χ1v) is 6.14. The van der Waals surface area contributed by atoms with Gasteiger partial charge in [-0.1, -0.05) is 26.0 Å². The standard InChI is InChI=1S/C14H19N3O/c1-14(2)9-16-7-6-11(14)10-4-5-12(17-8-10)13(18)15-3/h4-6,8,16H,7,9H2,1-3H3,(H,15,18). The summed E-state index contributed by atoms with van der Waals surface area (Å²) in [5.41, 5.74) is 2.93. The number of aromatic nitrogens is 1. The van der Waals surface area contributed by atoms with E-state index in [9.17, 15) is 4.79 Å². The van der Waals surface area contributed by atoms with Crippen molar-refractivity contribution in [2.45, 2.75) is 13.8 Å². The van der Waals surface area contributed by atoms with Gasteiger partial charge in [0.15, 0.2) is 0 Å². The van der Waals surface area contributed by atoms with E-state index in [1.807, 2.05) is 6.07 Å². The Morgan fingerprint density at radius 2 is 2.22 bits per heavy atom. The van der Waals surface area contributed by atoms with Crippen LogP contribution in [0.2, 0.25) is 0 Å². The van der Waals surface area contributed by atoms with Crippen LogP contribution in [0, 0.1) is 5.41 Å². The molecule has 1 aliphatic heterocycles. The van der Waals surface area contributed by atoms with Gasteiger partial charge in [-0.2, -0.15) is 0 Å². The number of pyridine rings is 1. The third-order valence-electron chi connectivity index (χ3n) is 3.28. The van der Waals surface area contributed by atoms with Crippen LogP contribution in [0.1, 0.15) is 29.9 Å². The summed E-state index contributed by atoms with van der Waals surface area (Å²) in [4.78, 5) is 15.6. The van der Waals surface area contributed by atoms with E-state index in [2.05, 4.69) is 35.5 Å². The van der Waals surface area contributed by atoms with E-state index < -0.39 is 0 Å². The third kappa shape index (κ3) is 2.43. The summed E-state index contributed by atoms with van der Waals surface area (Å²) in [6.45, 7) is 6.25. The van der Waals surface area contributed by atoms with E-state index in [1.165, 1.54) is 5.57 Å². The molecule has 0 radical (unpaired) electrons. The molecule has 1 aliphatic rings.